The van der Waals surface area contributed by atoms with Crippen molar-refractivity contribution in [3.05, 3.63) is 71.8 Å². The number of benzene rings is 2. The predicted octanol–water partition coefficient (Wildman–Crippen LogP) is 3.07. The Bertz CT molecular complexity index is 710. The molecule has 2 aliphatic heterocycles. The number of hydrogen-bond donors (Lipinski definition) is 0. The van der Waals surface area contributed by atoms with Gasteiger partial charge in [0.05, 0.1) is 0 Å². The van der Waals surface area contributed by atoms with Crippen LogP contribution in [0.1, 0.15) is 11.1 Å². The van der Waals surface area contributed by atoms with Crippen LogP contribution < -0.4 is 0 Å². The molecule has 1 unspecified atom stereocenters. The maximum absolute atomic E-state index is 13.0. The third kappa shape index (κ3) is 2.89. The van der Waals surface area contributed by atoms with E-state index in [1.165, 1.54) is 11.1 Å². The fraction of sp³-hybridized carbons (Fsp3) is 0.435. The van der Waals surface area contributed by atoms with Crippen LogP contribution in [0.4, 0.5) is 0 Å². The van der Waals surface area contributed by atoms with Gasteiger partial charge in [0.2, 0.25) is 0 Å². The second kappa shape index (κ2) is 6.64. The normalized spacial score (nSPS) is 31.3. The van der Waals surface area contributed by atoms with Gasteiger partial charge in [-0.3, -0.25) is 14.6 Å². The van der Waals surface area contributed by atoms with Crippen molar-refractivity contribution >= 4 is 5.78 Å². The van der Waals surface area contributed by atoms with E-state index < -0.39 is 0 Å². The van der Waals surface area contributed by atoms with Gasteiger partial charge in [-0.2, -0.15) is 0 Å². The van der Waals surface area contributed by atoms with Crippen molar-refractivity contribution in [2.75, 3.05) is 26.2 Å². The zero-order valence-corrected chi connectivity index (χ0v) is 15.1. The summed E-state index contributed by atoms with van der Waals surface area (Å²) in [5.41, 5.74) is 2.71. The molecule has 3 fully saturated rings. The van der Waals surface area contributed by atoms with Gasteiger partial charge in [0.1, 0.15) is 5.78 Å². The SMILES string of the molecule is O=C1C2CN(Cc3ccccc3)C[C@H]2[C@H]2CN(Cc3ccccc3)C[C@@H]12. The van der Waals surface area contributed by atoms with Gasteiger partial charge in [0.25, 0.3) is 0 Å². The number of hydrogen-bond acceptors (Lipinski definition) is 3. The maximum atomic E-state index is 13.0. The monoisotopic (exact) mass is 346 g/mol. The number of fused-ring (bicyclic) bond motifs is 3. The summed E-state index contributed by atoms with van der Waals surface area (Å²) in [7, 11) is 0. The Balaban J connectivity index is 1.25. The number of rotatable bonds is 4. The van der Waals surface area contributed by atoms with Crippen LogP contribution in [-0.2, 0) is 17.9 Å². The first-order valence-electron chi connectivity index (χ1n) is 9.84. The summed E-state index contributed by atoms with van der Waals surface area (Å²) in [6.45, 7) is 6.06. The Hall–Kier alpha value is -1.97. The lowest BCUT2D eigenvalue weighted by molar-refractivity contribution is -0.124. The van der Waals surface area contributed by atoms with E-state index in [1.54, 1.807) is 0 Å². The number of likely N-dealkylation sites (tertiary alicyclic amines) is 2. The van der Waals surface area contributed by atoms with E-state index in [9.17, 15) is 4.79 Å². The molecule has 26 heavy (non-hydrogen) atoms. The number of carbonyl (C=O) groups excluding carboxylic acids is 1. The molecule has 3 nitrogen and oxygen atoms in total. The summed E-state index contributed by atoms with van der Waals surface area (Å²) in [4.78, 5) is 18.0. The molecule has 0 amide bonds. The Morgan fingerprint density at radius 1 is 0.654 bits per heavy atom. The number of carbonyl (C=O) groups is 1. The molecular formula is C23H26N2O. The van der Waals surface area contributed by atoms with Crippen molar-refractivity contribution in [1.29, 1.82) is 0 Å². The molecule has 0 spiro atoms. The van der Waals surface area contributed by atoms with Crippen LogP contribution in [0.25, 0.3) is 0 Å². The minimum atomic E-state index is 0.285. The fourth-order valence-electron chi connectivity index (χ4n) is 5.51. The van der Waals surface area contributed by atoms with Gasteiger partial charge in [-0.25, -0.2) is 0 Å². The van der Waals surface area contributed by atoms with Crippen molar-refractivity contribution in [2.24, 2.45) is 23.7 Å². The van der Waals surface area contributed by atoms with Crippen LogP contribution in [0.2, 0.25) is 0 Å². The minimum absolute atomic E-state index is 0.285. The van der Waals surface area contributed by atoms with E-state index >= 15 is 0 Å². The van der Waals surface area contributed by atoms with Crippen LogP contribution in [0.3, 0.4) is 0 Å². The standard InChI is InChI=1S/C23H26N2O/c26-23-21-15-24(11-17-7-3-1-4-8-17)13-19(21)20-14-25(16-22(20)23)12-18-9-5-2-6-10-18/h1-10,19-22H,11-16H2/t19-,20+,21-,22?/m1/s1. The molecule has 1 aliphatic carbocycles. The van der Waals surface area contributed by atoms with Gasteiger partial charge in [-0.05, 0) is 23.0 Å². The zero-order chi connectivity index (χ0) is 17.5. The third-order valence-corrected chi connectivity index (χ3v) is 6.66. The first kappa shape index (κ1) is 16.2. The lowest BCUT2D eigenvalue weighted by Gasteiger charge is -2.20. The van der Waals surface area contributed by atoms with E-state index in [-0.39, 0.29) is 11.8 Å². The quantitative estimate of drug-likeness (QED) is 0.850. The summed E-state index contributed by atoms with van der Waals surface area (Å²) in [5, 5.41) is 0. The molecule has 0 radical (unpaired) electrons. The molecule has 4 atom stereocenters. The van der Waals surface area contributed by atoms with Crippen LogP contribution in [0.5, 0.6) is 0 Å². The van der Waals surface area contributed by atoms with E-state index in [4.69, 9.17) is 0 Å². The molecule has 134 valence electrons. The van der Waals surface area contributed by atoms with Gasteiger partial charge in [0.15, 0.2) is 0 Å². The summed E-state index contributed by atoms with van der Waals surface area (Å²) in [6, 6.07) is 21.3. The van der Waals surface area contributed by atoms with Crippen LogP contribution >= 0.6 is 0 Å². The highest BCUT2D eigenvalue weighted by Gasteiger charge is 2.56. The van der Waals surface area contributed by atoms with Crippen molar-refractivity contribution in [2.45, 2.75) is 13.1 Å². The van der Waals surface area contributed by atoms with Gasteiger partial charge >= 0.3 is 0 Å². The van der Waals surface area contributed by atoms with Crippen molar-refractivity contribution < 1.29 is 4.79 Å². The predicted molar refractivity (Wildman–Crippen MR) is 102 cm³/mol. The Labute approximate surface area is 155 Å². The first-order valence-corrected chi connectivity index (χ1v) is 9.84. The van der Waals surface area contributed by atoms with E-state index in [0.29, 0.717) is 17.6 Å². The second-order valence-electron chi connectivity index (χ2n) is 8.30. The Morgan fingerprint density at radius 2 is 1.08 bits per heavy atom. The molecule has 5 rings (SSSR count). The summed E-state index contributed by atoms with van der Waals surface area (Å²) in [5.74, 6) is 2.25. The van der Waals surface area contributed by atoms with Gasteiger partial charge in [0, 0.05) is 51.1 Å². The number of ketones is 1. The van der Waals surface area contributed by atoms with Gasteiger partial charge in [-0.1, -0.05) is 60.7 Å². The second-order valence-corrected chi connectivity index (χ2v) is 8.30. The molecule has 2 aromatic carbocycles. The topological polar surface area (TPSA) is 23.6 Å². The molecule has 1 saturated carbocycles. The molecule has 0 bridgehead atoms. The van der Waals surface area contributed by atoms with E-state index in [0.717, 1.165) is 39.3 Å². The highest BCUT2D eigenvalue weighted by atomic mass is 16.1. The third-order valence-electron chi connectivity index (χ3n) is 6.66. The summed E-state index contributed by atoms with van der Waals surface area (Å²) in [6.07, 6.45) is 0. The van der Waals surface area contributed by atoms with Crippen molar-refractivity contribution in [3.8, 4) is 0 Å². The smallest absolute Gasteiger partial charge is 0.142 e. The fourth-order valence-corrected chi connectivity index (χ4v) is 5.51. The summed E-state index contributed by atoms with van der Waals surface area (Å²) >= 11 is 0. The minimum Gasteiger partial charge on any atom is -0.299 e. The highest BCUT2D eigenvalue weighted by molar-refractivity contribution is 5.87. The zero-order valence-electron chi connectivity index (χ0n) is 15.1. The largest absolute Gasteiger partial charge is 0.299 e. The molecule has 2 heterocycles. The molecular weight excluding hydrogens is 320 g/mol. The molecule has 3 aliphatic rings. The molecule has 0 N–H and O–H groups in total. The van der Waals surface area contributed by atoms with Gasteiger partial charge in [-0.15, -0.1) is 0 Å². The molecule has 3 heteroatoms. The van der Waals surface area contributed by atoms with Crippen LogP contribution in [-0.4, -0.2) is 41.8 Å². The molecule has 2 aromatic rings. The van der Waals surface area contributed by atoms with E-state index in [1.807, 2.05) is 0 Å². The molecule has 2 saturated heterocycles. The lowest BCUT2D eigenvalue weighted by atomic mass is 9.91. The summed E-state index contributed by atoms with van der Waals surface area (Å²) < 4.78 is 0. The van der Waals surface area contributed by atoms with Crippen LogP contribution in [0, 0.1) is 23.7 Å². The van der Waals surface area contributed by atoms with E-state index in [2.05, 4.69) is 70.5 Å². The average Bonchev–Trinajstić information content (AvgIpc) is 3.32. The Morgan fingerprint density at radius 3 is 1.50 bits per heavy atom. The van der Waals surface area contributed by atoms with Crippen molar-refractivity contribution in [3.63, 3.8) is 0 Å². The van der Waals surface area contributed by atoms with Gasteiger partial charge < -0.3 is 0 Å². The Kier molecular flexibility index (Phi) is 4.14. The molecule has 0 aromatic heterocycles. The first-order chi connectivity index (χ1) is 12.8. The van der Waals surface area contributed by atoms with Crippen molar-refractivity contribution in [1.82, 2.24) is 9.80 Å². The number of nitrogens with zero attached hydrogens (tertiary/aromatic N) is 2. The lowest BCUT2D eigenvalue weighted by Crippen LogP contribution is -2.28. The number of Topliss-reactive ketones (excluding diaryl/α,β-unsaturated/α-hetero) is 1. The highest BCUT2D eigenvalue weighted by Crippen LogP contribution is 2.47. The average molecular weight is 346 g/mol. The maximum Gasteiger partial charge on any atom is 0.142 e. The van der Waals surface area contributed by atoms with Crippen LogP contribution in [0.15, 0.2) is 60.7 Å².